The number of benzene rings is 1. The zero-order valence-electron chi connectivity index (χ0n) is 15.4. The van der Waals surface area contributed by atoms with Gasteiger partial charge in [-0.1, -0.05) is 11.3 Å². The summed E-state index contributed by atoms with van der Waals surface area (Å²) in [7, 11) is 0. The molecule has 0 amide bonds. The highest BCUT2D eigenvalue weighted by Crippen LogP contribution is 2.20. The lowest BCUT2D eigenvalue weighted by Crippen LogP contribution is -2.25. The van der Waals surface area contributed by atoms with Gasteiger partial charge in [0.25, 0.3) is 0 Å². The second-order valence-corrected chi connectivity index (χ2v) is 6.73. The van der Waals surface area contributed by atoms with E-state index in [1.54, 1.807) is 21.6 Å². The SMILES string of the molecule is [O-][n+]1cccc2cc(Cn3nnc4ccc(-c5cnn(CCO)c5)nc43)ccc21. The third-order valence-corrected chi connectivity index (χ3v) is 4.78. The van der Waals surface area contributed by atoms with Crippen LogP contribution in [0.25, 0.3) is 33.3 Å². The number of hydrogen-bond acceptors (Lipinski definition) is 6. The maximum absolute atomic E-state index is 11.9. The van der Waals surface area contributed by atoms with E-state index in [-0.39, 0.29) is 6.61 Å². The molecule has 4 aromatic heterocycles. The Morgan fingerprint density at radius 2 is 2.07 bits per heavy atom. The number of aliphatic hydroxyl groups excluding tert-OH is 1. The molecule has 5 rings (SSSR count). The Balaban J connectivity index is 1.50. The molecule has 0 aliphatic heterocycles. The van der Waals surface area contributed by atoms with Crippen molar-refractivity contribution >= 4 is 22.1 Å². The number of aromatic nitrogens is 7. The van der Waals surface area contributed by atoms with Gasteiger partial charge in [0, 0.05) is 29.3 Å². The van der Waals surface area contributed by atoms with Gasteiger partial charge in [0.05, 0.1) is 31.6 Å². The Morgan fingerprint density at radius 3 is 2.97 bits per heavy atom. The molecule has 0 radical (unpaired) electrons. The van der Waals surface area contributed by atoms with Crippen molar-refractivity contribution in [3.05, 3.63) is 71.8 Å². The molecular formula is C20H17N7O2. The van der Waals surface area contributed by atoms with Crippen LogP contribution in [-0.2, 0) is 13.1 Å². The van der Waals surface area contributed by atoms with E-state index in [9.17, 15) is 5.21 Å². The lowest BCUT2D eigenvalue weighted by atomic mass is 10.1. The zero-order chi connectivity index (χ0) is 19.8. The van der Waals surface area contributed by atoms with Crippen LogP contribution in [-0.4, -0.2) is 41.5 Å². The Bertz CT molecular complexity index is 1330. The molecule has 0 spiro atoms. The quantitative estimate of drug-likeness (QED) is 0.362. The lowest BCUT2D eigenvalue weighted by Gasteiger charge is -2.05. The molecule has 0 saturated carbocycles. The van der Waals surface area contributed by atoms with Crippen molar-refractivity contribution in [1.29, 1.82) is 0 Å². The summed E-state index contributed by atoms with van der Waals surface area (Å²) in [6.07, 6.45) is 5.06. The average Bonchev–Trinajstić information content (AvgIpc) is 3.35. The Labute approximate surface area is 165 Å². The van der Waals surface area contributed by atoms with Crippen molar-refractivity contribution in [3.8, 4) is 11.3 Å². The molecule has 0 aliphatic rings. The van der Waals surface area contributed by atoms with E-state index < -0.39 is 0 Å². The van der Waals surface area contributed by atoms with Gasteiger partial charge < -0.3 is 10.3 Å². The second kappa shape index (κ2) is 6.95. The van der Waals surface area contributed by atoms with Gasteiger partial charge in [-0.15, -0.1) is 5.10 Å². The van der Waals surface area contributed by atoms with Gasteiger partial charge >= 0.3 is 0 Å². The maximum atomic E-state index is 11.9. The molecule has 0 aliphatic carbocycles. The van der Waals surface area contributed by atoms with E-state index in [0.29, 0.717) is 29.8 Å². The molecule has 1 N–H and O–H groups in total. The van der Waals surface area contributed by atoms with Crippen LogP contribution < -0.4 is 4.73 Å². The number of fused-ring (bicyclic) bond motifs is 2. The van der Waals surface area contributed by atoms with Crippen LogP contribution in [0, 0.1) is 5.21 Å². The highest BCUT2D eigenvalue weighted by Gasteiger charge is 2.11. The van der Waals surface area contributed by atoms with Gasteiger partial charge in [-0.05, 0) is 29.8 Å². The molecule has 9 heteroatoms. The van der Waals surface area contributed by atoms with Crippen LogP contribution in [0.15, 0.2) is 61.1 Å². The van der Waals surface area contributed by atoms with Gasteiger partial charge in [0.2, 0.25) is 5.52 Å². The fourth-order valence-electron chi connectivity index (χ4n) is 3.36. The summed E-state index contributed by atoms with van der Waals surface area (Å²) in [4.78, 5) is 4.72. The molecule has 0 unspecified atom stereocenters. The van der Waals surface area contributed by atoms with Crippen LogP contribution >= 0.6 is 0 Å². The number of nitrogens with zero attached hydrogens (tertiary/aromatic N) is 7. The van der Waals surface area contributed by atoms with Crippen LogP contribution in [0.4, 0.5) is 0 Å². The van der Waals surface area contributed by atoms with Crippen molar-refractivity contribution in [2.45, 2.75) is 13.1 Å². The molecule has 4 heterocycles. The first-order valence-corrected chi connectivity index (χ1v) is 9.16. The summed E-state index contributed by atoms with van der Waals surface area (Å²) in [5.41, 5.74) is 4.62. The van der Waals surface area contributed by atoms with Gasteiger partial charge in [-0.25, -0.2) is 9.67 Å². The van der Waals surface area contributed by atoms with Gasteiger partial charge in [-0.3, -0.25) is 4.68 Å². The summed E-state index contributed by atoms with van der Waals surface area (Å²) < 4.78 is 4.27. The molecule has 144 valence electrons. The van der Waals surface area contributed by atoms with E-state index in [1.165, 1.54) is 6.20 Å². The highest BCUT2D eigenvalue weighted by atomic mass is 16.5. The molecule has 29 heavy (non-hydrogen) atoms. The first-order chi connectivity index (χ1) is 14.2. The van der Waals surface area contributed by atoms with Crippen LogP contribution in [0.3, 0.4) is 0 Å². The normalized spacial score (nSPS) is 11.5. The first kappa shape index (κ1) is 17.3. The van der Waals surface area contributed by atoms with Gasteiger partial charge in [0.1, 0.15) is 5.52 Å². The topological polar surface area (TPSA) is 109 Å². The Hall–Kier alpha value is -3.85. The monoisotopic (exact) mass is 387 g/mol. The first-order valence-electron chi connectivity index (χ1n) is 9.16. The second-order valence-electron chi connectivity index (χ2n) is 6.73. The van der Waals surface area contributed by atoms with Crippen LogP contribution in [0.1, 0.15) is 5.56 Å². The number of pyridine rings is 2. The minimum Gasteiger partial charge on any atom is -0.618 e. The summed E-state index contributed by atoms with van der Waals surface area (Å²) in [5, 5.41) is 34.5. The predicted molar refractivity (Wildman–Crippen MR) is 106 cm³/mol. The highest BCUT2D eigenvalue weighted by molar-refractivity contribution is 5.77. The molecule has 0 fully saturated rings. The summed E-state index contributed by atoms with van der Waals surface area (Å²) in [6, 6.07) is 13.1. The smallest absolute Gasteiger partial charge is 0.223 e. The lowest BCUT2D eigenvalue weighted by molar-refractivity contribution is -0.577. The molecule has 9 nitrogen and oxygen atoms in total. The molecule has 0 atom stereocenters. The molecule has 1 aromatic carbocycles. The minimum absolute atomic E-state index is 0.0301. The van der Waals surface area contributed by atoms with E-state index in [2.05, 4.69) is 15.4 Å². The summed E-state index contributed by atoms with van der Waals surface area (Å²) in [5.74, 6) is 0. The van der Waals surface area contributed by atoms with Gasteiger partial charge in [0.15, 0.2) is 11.8 Å². The average molecular weight is 387 g/mol. The van der Waals surface area contributed by atoms with E-state index in [0.717, 1.165) is 26.9 Å². The Kier molecular flexibility index (Phi) is 4.14. The van der Waals surface area contributed by atoms with E-state index in [4.69, 9.17) is 10.1 Å². The van der Waals surface area contributed by atoms with Crippen molar-refractivity contribution in [1.82, 2.24) is 29.8 Å². The fourth-order valence-corrected chi connectivity index (χ4v) is 3.36. The molecule has 0 saturated heterocycles. The van der Waals surface area contributed by atoms with Crippen molar-refractivity contribution in [2.24, 2.45) is 0 Å². The zero-order valence-corrected chi connectivity index (χ0v) is 15.4. The van der Waals surface area contributed by atoms with Crippen molar-refractivity contribution in [2.75, 3.05) is 6.61 Å². The molecular weight excluding hydrogens is 370 g/mol. The molecule has 0 bridgehead atoms. The standard InChI is InChI=1S/C20H17N7O2/c28-9-8-25-13-16(11-21-25)17-4-5-18-20(22-17)26(24-23-18)12-14-3-6-19-15(10-14)2-1-7-27(19)29/h1-7,10-11,13,28H,8-9,12H2. The van der Waals surface area contributed by atoms with E-state index >= 15 is 0 Å². The summed E-state index contributed by atoms with van der Waals surface area (Å²) in [6.45, 7) is 0.954. The van der Waals surface area contributed by atoms with Crippen LogP contribution in [0.5, 0.6) is 0 Å². The van der Waals surface area contributed by atoms with Crippen molar-refractivity contribution < 1.29 is 9.84 Å². The number of aliphatic hydroxyl groups is 1. The number of rotatable bonds is 5. The third-order valence-electron chi connectivity index (χ3n) is 4.78. The van der Waals surface area contributed by atoms with Gasteiger partial charge in [-0.2, -0.15) is 9.83 Å². The fraction of sp³-hybridized carbons (Fsp3) is 0.150. The maximum Gasteiger partial charge on any atom is 0.223 e. The van der Waals surface area contributed by atoms with Crippen LogP contribution in [0.2, 0.25) is 0 Å². The third kappa shape index (κ3) is 3.17. The largest absolute Gasteiger partial charge is 0.618 e. The van der Waals surface area contributed by atoms with Crippen molar-refractivity contribution in [3.63, 3.8) is 0 Å². The molecule has 5 aromatic rings. The predicted octanol–water partition coefficient (Wildman–Crippen LogP) is 1.52. The Morgan fingerprint density at radius 1 is 1.14 bits per heavy atom. The summed E-state index contributed by atoms with van der Waals surface area (Å²) >= 11 is 0. The van der Waals surface area contributed by atoms with E-state index in [1.807, 2.05) is 42.6 Å². The minimum atomic E-state index is 0.0301. The number of hydrogen-bond donors (Lipinski definition) is 1.